The molecule has 0 aromatic heterocycles. The quantitative estimate of drug-likeness (QED) is 0.364. The van der Waals surface area contributed by atoms with E-state index in [2.05, 4.69) is 22.0 Å². The van der Waals surface area contributed by atoms with E-state index in [4.69, 9.17) is 14.2 Å². The van der Waals surface area contributed by atoms with E-state index in [1.165, 1.54) is 0 Å². The first kappa shape index (κ1) is 21.4. The van der Waals surface area contributed by atoms with Gasteiger partial charge in [0, 0.05) is 10.4 Å². The molecule has 1 saturated heterocycles. The summed E-state index contributed by atoms with van der Waals surface area (Å²) in [5.41, 5.74) is 3.06. The van der Waals surface area contributed by atoms with Crippen molar-refractivity contribution in [2.45, 2.75) is 32.0 Å². The first-order valence-electron chi connectivity index (χ1n) is 10.4. The van der Waals surface area contributed by atoms with Crippen molar-refractivity contribution >= 4 is 21.9 Å². The number of halogens is 1. The summed E-state index contributed by atoms with van der Waals surface area (Å²) in [6.45, 7) is 2.48. The fraction of sp³-hybridized carbons (Fsp3) is 0.269. The minimum Gasteiger partial charge on any atom is -0.493 e. The summed E-state index contributed by atoms with van der Waals surface area (Å²) in [4.78, 5) is 12.7. The molecule has 5 heteroatoms. The van der Waals surface area contributed by atoms with Gasteiger partial charge in [-0.05, 0) is 41.3 Å². The maximum Gasteiger partial charge on any atom is 0.310 e. The lowest BCUT2D eigenvalue weighted by Crippen LogP contribution is -2.15. The van der Waals surface area contributed by atoms with Crippen LogP contribution in [0.2, 0.25) is 0 Å². The lowest BCUT2D eigenvalue weighted by Gasteiger charge is -2.23. The van der Waals surface area contributed by atoms with E-state index in [0.717, 1.165) is 27.6 Å². The van der Waals surface area contributed by atoms with Crippen LogP contribution >= 0.6 is 15.9 Å². The Morgan fingerprint density at radius 3 is 2.42 bits per heavy atom. The van der Waals surface area contributed by atoms with Crippen molar-refractivity contribution in [3.8, 4) is 11.5 Å². The summed E-state index contributed by atoms with van der Waals surface area (Å²) in [6.07, 6.45) is 0.338. The molecular formula is C26H25BrO4. The molecule has 3 aromatic rings. The molecule has 1 unspecified atom stereocenters. The number of hydrogen-bond acceptors (Lipinski definition) is 4. The third-order valence-electron chi connectivity index (χ3n) is 5.76. The van der Waals surface area contributed by atoms with Crippen LogP contribution in [-0.2, 0) is 16.1 Å². The highest BCUT2D eigenvalue weighted by atomic mass is 79.9. The zero-order valence-corrected chi connectivity index (χ0v) is 19.2. The average molecular weight is 481 g/mol. The van der Waals surface area contributed by atoms with Crippen molar-refractivity contribution in [3.05, 3.63) is 94.0 Å². The van der Waals surface area contributed by atoms with Crippen LogP contribution in [0.3, 0.4) is 0 Å². The van der Waals surface area contributed by atoms with Crippen molar-refractivity contribution in [2.24, 2.45) is 5.92 Å². The molecule has 0 radical (unpaired) electrons. The predicted molar refractivity (Wildman–Crippen MR) is 123 cm³/mol. The highest BCUT2D eigenvalue weighted by molar-refractivity contribution is 9.10. The third-order valence-corrected chi connectivity index (χ3v) is 6.49. The van der Waals surface area contributed by atoms with Crippen molar-refractivity contribution in [2.75, 3.05) is 7.11 Å². The van der Waals surface area contributed by atoms with Gasteiger partial charge in [0.15, 0.2) is 11.5 Å². The second-order valence-corrected chi connectivity index (χ2v) is 8.46. The van der Waals surface area contributed by atoms with Crippen LogP contribution < -0.4 is 9.47 Å². The zero-order chi connectivity index (χ0) is 21.8. The Morgan fingerprint density at radius 2 is 1.71 bits per heavy atom. The SMILES string of the molecule is CCC1C(=O)O[C@H](c2ccc(OCc3ccccc3)c(OC)c2)[C@@H]1c1ccccc1Br. The van der Waals surface area contributed by atoms with Gasteiger partial charge in [-0.1, -0.05) is 77.5 Å². The molecule has 0 bridgehead atoms. The summed E-state index contributed by atoms with van der Waals surface area (Å²) in [6, 6.07) is 23.8. The summed E-state index contributed by atoms with van der Waals surface area (Å²) in [5.74, 6) is 0.855. The van der Waals surface area contributed by atoms with Gasteiger partial charge in [0.05, 0.1) is 13.0 Å². The van der Waals surface area contributed by atoms with Crippen molar-refractivity contribution in [1.82, 2.24) is 0 Å². The van der Waals surface area contributed by atoms with E-state index >= 15 is 0 Å². The number of esters is 1. The lowest BCUT2D eigenvalue weighted by molar-refractivity contribution is -0.144. The fourth-order valence-corrected chi connectivity index (χ4v) is 4.73. The Kier molecular flexibility index (Phi) is 6.62. The molecule has 1 aliphatic heterocycles. The van der Waals surface area contributed by atoms with Crippen molar-refractivity contribution in [3.63, 3.8) is 0 Å². The van der Waals surface area contributed by atoms with Crippen LogP contribution in [0, 0.1) is 5.92 Å². The van der Waals surface area contributed by atoms with E-state index in [1.807, 2.05) is 73.7 Å². The second kappa shape index (κ2) is 9.56. The average Bonchev–Trinajstić information content (AvgIpc) is 3.14. The van der Waals surface area contributed by atoms with Crippen LogP contribution in [0.15, 0.2) is 77.3 Å². The Morgan fingerprint density at radius 1 is 0.968 bits per heavy atom. The summed E-state index contributed by atoms with van der Waals surface area (Å²) < 4.78 is 18.5. The molecule has 3 aromatic carbocycles. The molecule has 0 spiro atoms. The first-order valence-corrected chi connectivity index (χ1v) is 11.2. The van der Waals surface area contributed by atoms with Gasteiger partial charge in [-0.2, -0.15) is 0 Å². The highest BCUT2D eigenvalue weighted by Gasteiger charge is 2.45. The number of rotatable bonds is 7. The Bertz CT molecular complexity index is 1050. The summed E-state index contributed by atoms with van der Waals surface area (Å²) in [5, 5.41) is 0. The van der Waals surface area contributed by atoms with Gasteiger partial charge in [-0.3, -0.25) is 4.79 Å². The maximum atomic E-state index is 12.7. The maximum absolute atomic E-state index is 12.7. The molecule has 0 aliphatic carbocycles. The fourth-order valence-electron chi connectivity index (χ4n) is 4.18. The van der Waals surface area contributed by atoms with Crippen LogP contribution in [0.4, 0.5) is 0 Å². The van der Waals surface area contributed by atoms with E-state index < -0.39 is 0 Å². The molecule has 0 N–H and O–H groups in total. The van der Waals surface area contributed by atoms with Gasteiger partial charge in [-0.25, -0.2) is 0 Å². The second-order valence-electron chi connectivity index (χ2n) is 7.60. The number of ether oxygens (including phenoxy) is 3. The van der Waals surface area contributed by atoms with E-state index in [1.54, 1.807) is 7.11 Å². The molecule has 0 amide bonds. The molecule has 1 aliphatic rings. The molecule has 31 heavy (non-hydrogen) atoms. The van der Waals surface area contributed by atoms with Gasteiger partial charge in [0.1, 0.15) is 12.7 Å². The number of cyclic esters (lactones) is 1. The van der Waals surface area contributed by atoms with E-state index in [-0.39, 0.29) is 23.9 Å². The van der Waals surface area contributed by atoms with Crippen molar-refractivity contribution < 1.29 is 19.0 Å². The number of hydrogen-bond donors (Lipinski definition) is 0. The monoisotopic (exact) mass is 480 g/mol. The van der Waals surface area contributed by atoms with E-state index in [0.29, 0.717) is 18.1 Å². The van der Waals surface area contributed by atoms with Gasteiger partial charge >= 0.3 is 5.97 Å². The Balaban J connectivity index is 1.64. The topological polar surface area (TPSA) is 44.8 Å². The van der Waals surface area contributed by atoms with Gasteiger partial charge in [0.25, 0.3) is 0 Å². The van der Waals surface area contributed by atoms with Crippen LogP contribution in [-0.4, -0.2) is 13.1 Å². The number of methoxy groups -OCH3 is 1. The number of carbonyl (C=O) groups excluding carboxylic acids is 1. The predicted octanol–water partition coefficient (Wildman–Crippen LogP) is 6.44. The number of benzene rings is 3. The van der Waals surface area contributed by atoms with Gasteiger partial charge < -0.3 is 14.2 Å². The van der Waals surface area contributed by atoms with Crippen LogP contribution in [0.25, 0.3) is 0 Å². The molecule has 0 saturated carbocycles. The Hall–Kier alpha value is -2.79. The van der Waals surface area contributed by atoms with Gasteiger partial charge in [-0.15, -0.1) is 0 Å². The van der Waals surface area contributed by atoms with Crippen LogP contribution in [0.1, 0.15) is 42.1 Å². The molecule has 3 atom stereocenters. The van der Waals surface area contributed by atoms with Gasteiger partial charge in [0.2, 0.25) is 0 Å². The molecule has 1 fully saturated rings. The number of carbonyl (C=O) groups is 1. The highest BCUT2D eigenvalue weighted by Crippen LogP contribution is 2.50. The minimum atomic E-state index is -0.381. The normalized spacial score (nSPS) is 20.4. The van der Waals surface area contributed by atoms with Crippen molar-refractivity contribution in [1.29, 1.82) is 0 Å². The van der Waals surface area contributed by atoms with E-state index in [9.17, 15) is 4.79 Å². The summed E-state index contributed by atoms with van der Waals surface area (Å²) in [7, 11) is 1.62. The zero-order valence-electron chi connectivity index (χ0n) is 17.6. The molecule has 160 valence electrons. The first-order chi connectivity index (χ1) is 15.1. The third kappa shape index (κ3) is 4.47. The smallest absolute Gasteiger partial charge is 0.310 e. The Labute approximate surface area is 191 Å². The summed E-state index contributed by atoms with van der Waals surface area (Å²) >= 11 is 3.65. The minimum absolute atomic E-state index is 0.0751. The molecule has 4 rings (SSSR count). The molecular weight excluding hydrogens is 456 g/mol. The standard InChI is InChI=1S/C26H25BrO4/c1-3-19-24(20-11-7-8-12-21(20)27)25(31-26(19)28)18-13-14-22(23(15-18)29-2)30-16-17-9-5-4-6-10-17/h4-15,19,24-25H,3,16H2,1-2H3/t19?,24-,25+/m0/s1. The molecule has 4 nitrogen and oxygen atoms in total. The largest absolute Gasteiger partial charge is 0.493 e. The lowest BCUT2D eigenvalue weighted by atomic mass is 9.80. The molecule has 1 heterocycles. The van der Waals surface area contributed by atoms with Crippen LogP contribution in [0.5, 0.6) is 11.5 Å².